The van der Waals surface area contributed by atoms with Crippen LogP contribution in [0.5, 0.6) is 0 Å². The van der Waals surface area contributed by atoms with Gasteiger partial charge in [0.2, 0.25) is 0 Å². The Kier molecular flexibility index (Phi) is 9.33. The van der Waals surface area contributed by atoms with Crippen LogP contribution in [0.1, 0.15) is 113 Å². The van der Waals surface area contributed by atoms with Crippen molar-refractivity contribution in [1.29, 1.82) is 0 Å². The van der Waals surface area contributed by atoms with Crippen molar-refractivity contribution < 1.29 is 9.47 Å². The van der Waals surface area contributed by atoms with E-state index < -0.39 is 0 Å². The van der Waals surface area contributed by atoms with Gasteiger partial charge in [0.25, 0.3) is 0 Å². The molecule has 2 rings (SSSR count). The summed E-state index contributed by atoms with van der Waals surface area (Å²) in [4.78, 5) is 0. The van der Waals surface area contributed by atoms with Crippen molar-refractivity contribution in [2.75, 3.05) is 0 Å². The van der Waals surface area contributed by atoms with Gasteiger partial charge < -0.3 is 9.47 Å². The largest absolute Gasteiger partial charge is 0.375 e. The molecule has 5 atom stereocenters. The van der Waals surface area contributed by atoms with Gasteiger partial charge in [0.1, 0.15) is 0 Å². The van der Waals surface area contributed by atoms with Crippen LogP contribution in [0, 0.1) is 29.1 Å². The Bertz CT molecular complexity index is 436. The lowest BCUT2D eigenvalue weighted by Crippen LogP contribution is -2.36. The highest BCUT2D eigenvalue weighted by atomic mass is 16.5. The predicted molar refractivity (Wildman–Crippen MR) is 121 cm³/mol. The number of hydrogen-bond acceptors (Lipinski definition) is 2. The Morgan fingerprint density at radius 1 is 0.821 bits per heavy atom. The summed E-state index contributed by atoms with van der Waals surface area (Å²) in [5, 5.41) is 0. The summed E-state index contributed by atoms with van der Waals surface area (Å²) in [7, 11) is 0. The second-order valence-corrected chi connectivity index (χ2v) is 11.7. The van der Waals surface area contributed by atoms with Gasteiger partial charge >= 0.3 is 0 Å². The van der Waals surface area contributed by atoms with Gasteiger partial charge in [-0.15, -0.1) is 0 Å². The maximum Gasteiger partial charge on any atom is 0.0586 e. The molecule has 0 bridgehead atoms. The lowest BCUT2D eigenvalue weighted by atomic mass is 9.71. The van der Waals surface area contributed by atoms with Crippen molar-refractivity contribution in [2.24, 2.45) is 29.1 Å². The van der Waals surface area contributed by atoms with Gasteiger partial charge in [0, 0.05) is 0 Å². The van der Waals surface area contributed by atoms with Gasteiger partial charge in [0.15, 0.2) is 0 Å². The first-order valence-corrected chi connectivity index (χ1v) is 12.4. The first kappa shape index (κ1) is 24.2. The summed E-state index contributed by atoms with van der Waals surface area (Å²) in [6.07, 6.45) is 13.5. The van der Waals surface area contributed by atoms with Crippen LogP contribution >= 0.6 is 0 Å². The molecule has 2 saturated carbocycles. The Labute approximate surface area is 176 Å². The van der Waals surface area contributed by atoms with Crippen molar-refractivity contribution in [3.63, 3.8) is 0 Å². The average Bonchev–Trinajstić information content (AvgIpc) is 2.58. The molecule has 2 heteroatoms. The van der Waals surface area contributed by atoms with Crippen LogP contribution in [0.15, 0.2) is 0 Å². The lowest BCUT2D eigenvalue weighted by Gasteiger charge is -2.40. The molecular weight excluding hydrogens is 344 g/mol. The molecule has 2 aliphatic rings. The monoisotopic (exact) mass is 394 g/mol. The van der Waals surface area contributed by atoms with Gasteiger partial charge in [-0.1, -0.05) is 48.0 Å². The topological polar surface area (TPSA) is 18.5 Å². The van der Waals surface area contributed by atoms with Gasteiger partial charge in [-0.25, -0.2) is 0 Å². The van der Waals surface area contributed by atoms with E-state index in [1.807, 2.05) is 0 Å². The number of ether oxygens (including phenoxy) is 2. The summed E-state index contributed by atoms with van der Waals surface area (Å²) >= 11 is 0. The normalized spacial score (nSPS) is 34.2. The minimum Gasteiger partial charge on any atom is -0.375 e. The third kappa shape index (κ3) is 7.98. The van der Waals surface area contributed by atoms with E-state index in [0.29, 0.717) is 41.7 Å². The van der Waals surface area contributed by atoms with E-state index in [0.717, 1.165) is 11.8 Å². The molecule has 0 N–H and O–H groups in total. The summed E-state index contributed by atoms with van der Waals surface area (Å²) in [5.41, 5.74) is 0.444. The summed E-state index contributed by atoms with van der Waals surface area (Å²) in [5.74, 6) is 2.98. The van der Waals surface area contributed by atoms with Crippen molar-refractivity contribution in [2.45, 2.75) is 138 Å². The minimum absolute atomic E-state index is 0.387. The van der Waals surface area contributed by atoms with Crippen LogP contribution in [0.2, 0.25) is 0 Å². The highest BCUT2D eigenvalue weighted by Gasteiger charge is 2.34. The first-order valence-electron chi connectivity index (χ1n) is 12.4. The van der Waals surface area contributed by atoms with Crippen LogP contribution in [-0.4, -0.2) is 24.4 Å². The van der Waals surface area contributed by atoms with Crippen LogP contribution < -0.4 is 0 Å². The van der Waals surface area contributed by atoms with Gasteiger partial charge in [0.05, 0.1) is 24.4 Å². The first-order chi connectivity index (χ1) is 13.1. The third-order valence-electron chi connectivity index (χ3n) is 7.72. The van der Waals surface area contributed by atoms with Crippen LogP contribution in [0.3, 0.4) is 0 Å². The minimum atomic E-state index is 0.387. The smallest absolute Gasteiger partial charge is 0.0586 e. The van der Waals surface area contributed by atoms with E-state index in [-0.39, 0.29) is 0 Å². The molecule has 0 aromatic rings. The molecule has 166 valence electrons. The van der Waals surface area contributed by atoms with Crippen molar-refractivity contribution in [3.05, 3.63) is 0 Å². The molecule has 2 nitrogen and oxygen atoms in total. The molecule has 3 unspecified atom stereocenters. The Balaban J connectivity index is 1.66. The highest BCUT2D eigenvalue weighted by Crippen LogP contribution is 2.40. The highest BCUT2D eigenvalue weighted by molar-refractivity contribution is 4.84. The van der Waals surface area contributed by atoms with Gasteiger partial charge in [-0.2, -0.15) is 0 Å². The zero-order valence-electron chi connectivity index (χ0n) is 20.3. The lowest BCUT2D eigenvalue weighted by molar-refractivity contribution is -0.0784. The third-order valence-corrected chi connectivity index (χ3v) is 7.72. The Morgan fingerprint density at radius 3 is 2.00 bits per heavy atom. The molecule has 0 heterocycles. The molecule has 2 aliphatic carbocycles. The molecule has 0 radical (unpaired) electrons. The summed E-state index contributed by atoms with van der Waals surface area (Å²) < 4.78 is 12.8. The maximum atomic E-state index is 6.56. The van der Waals surface area contributed by atoms with E-state index in [1.54, 1.807) is 0 Å². The zero-order chi connectivity index (χ0) is 20.9. The molecule has 0 aliphatic heterocycles. The standard InChI is InChI=1S/C26H50O2/c1-18(2)21(5)27-24-13-11-23(12-14-24)10-9-20(4)22(6)28-25-15-19(3)16-26(7,8)17-25/h18-25H,9-17H2,1-8H3/t19?,20?,21-,22-,23?,24?,25?/m1/s1. The van der Waals surface area contributed by atoms with E-state index in [9.17, 15) is 0 Å². The van der Waals surface area contributed by atoms with Gasteiger partial charge in [-0.05, 0) is 94.3 Å². The predicted octanol–water partition coefficient (Wildman–Crippen LogP) is 7.64. The van der Waals surface area contributed by atoms with Gasteiger partial charge in [-0.3, -0.25) is 0 Å². The fourth-order valence-electron chi connectivity index (χ4n) is 5.55. The van der Waals surface area contributed by atoms with Crippen LogP contribution in [-0.2, 0) is 9.47 Å². The second kappa shape index (κ2) is 10.8. The molecule has 0 aromatic carbocycles. The SMILES string of the molecule is CC1CC(O[C@H](C)C(C)CCC2CCC(O[C@H](C)C(C)C)CC2)CC(C)(C)C1. The number of hydrogen-bond donors (Lipinski definition) is 0. The number of rotatable bonds is 9. The van der Waals surface area contributed by atoms with E-state index in [4.69, 9.17) is 9.47 Å². The maximum absolute atomic E-state index is 6.56. The molecule has 0 spiro atoms. The van der Waals surface area contributed by atoms with E-state index >= 15 is 0 Å². The zero-order valence-corrected chi connectivity index (χ0v) is 20.3. The molecule has 2 fully saturated rings. The summed E-state index contributed by atoms with van der Waals surface area (Å²) in [6, 6.07) is 0. The molecular formula is C26H50O2. The molecule has 28 heavy (non-hydrogen) atoms. The Hall–Kier alpha value is -0.0800. The van der Waals surface area contributed by atoms with Crippen molar-refractivity contribution in [1.82, 2.24) is 0 Å². The second-order valence-electron chi connectivity index (χ2n) is 11.7. The molecule has 0 saturated heterocycles. The van der Waals surface area contributed by atoms with E-state index in [2.05, 4.69) is 55.4 Å². The molecule has 0 aromatic heterocycles. The quantitative estimate of drug-likeness (QED) is 0.400. The fourth-order valence-corrected chi connectivity index (χ4v) is 5.55. The molecule has 0 amide bonds. The van der Waals surface area contributed by atoms with Crippen molar-refractivity contribution >= 4 is 0 Å². The average molecular weight is 395 g/mol. The van der Waals surface area contributed by atoms with Crippen LogP contribution in [0.4, 0.5) is 0 Å². The van der Waals surface area contributed by atoms with Crippen LogP contribution in [0.25, 0.3) is 0 Å². The fraction of sp³-hybridized carbons (Fsp3) is 1.00. The van der Waals surface area contributed by atoms with Crippen molar-refractivity contribution in [3.8, 4) is 0 Å². The Morgan fingerprint density at radius 2 is 1.43 bits per heavy atom. The van der Waals surface area contributed by atoms with E-state index in [1.165, 1.54) is 57.8 Å². The summed E-state index contributed by atoms with van der Waals surface area (Å²) in [6.45, 7) is 18.7.